The van der Waals surface area contributed by atoms with Crippen molar-refractivity contribution < 1.29 is 26.7 Å². The van der Waals surface area contributed by atoms with Crippen molar-refractivity contribution in [2.45, 2.75) is 18.1 Å². The second-order valence-electron chi connectivity index (χ2n) is 6.01. The van der Waals surface area contributed by atoms with Crippen LogP contribution >= 0.6 is 0 Å². The quantitative estimate of drug-likeness (QED) is 0.740. The van der Waals surface area contributed by atoms with Crippen molar-refractivity contribution in [3.8, 4) is 5.75 Å². The van der Waals surface area contributed by atoms with Crippen LogP contribution in [-0.2, 0) is 21.2 Å². The van der Waals surface area contributed by atoms with Gasteiger partial charge in [-0.3, -0.25) is 9.69 Å². The molecule has 0 aromatic heterocycles. The van der Waals surface area contributed by atoms with Crippen molar-refractivity contribution in [1.29, 1.82) is 0 Å². The maximum absolute atomic E-state index is 12.2. The Morgan fingerprint density at radius 1 is 1.15 bits per heavy atom. The van der Waals surface area contributed by atoms with E-state index in [4.69, 9.17) is 0 Å². The van der Waals surface area contributed by atoms with Crippen molar-refractivity contribution >= 4 is 21.4 Å². The summed E-state index contributed by atoms with van der Waals surface area (Å²) in [6.45, 7) is -2.46. The molecule has 0 fully saturated rings. The fourth-order valence-corrected chi connectivity index (χ4v) is 3.32. The number of likely N-dealkylation sites (N-methyl/N-ethyl adjacent to an activating group) is 1. The van der Waals surface area contributed by atoms with Gasteiger partial charge in [0.25, 0.3) is 0 Å². The molecule has 0 aliphatic carbocycles. The molecule has 0 atom stereocenters. The van der Waals surface area contributed by atoms with Crippen LogP contribution in [0.1, 0.15) is 5.56 Å². The van der Waals surface area contributed by atoms with Crippen LogP contribution < -0.4 is 10.1 Å². The first-order valence-corrected chi connectivity index (χ1v) is 9.85. The highest BCUT2D eigenvalue weighted by Crippen LogP contribution is 2.20. The number of carbonyl (C=O) groups excluding carboxylic acids is 1. The molecule has 0 saturated carbocycles. The van der Waals surface area contributed by atoms with Crippen LogP contribution in [-0.4, -0.2) is 45.7 Å². The average molecular weight is 398 g/mol. The number of hydrogen-bond acceptors (Lipinski definition) is 5. The highest BCUT2D eigenvalue weighted by molar-refractivity contribution is 7.90. The van der Waals surface area contributed by atoms with Crippen LogP contribution in [0.15, 0.2) is 53.4 Å². The normalized spacial score (nSPS) is 11.6. The van der Waals surface area contributed by atoms with Gasteiger partial charge >= 0.3 is 6.61 Å². The molecule has 6 nitrogen and oxygen atoms in total. The van der Waals surface area contributed by atoms with Gasteiger partial charge in [-0.05, 0) is 36.9 Å². The third-order valence-corrected chi connectivity index (χ3v) is 4.73. The standard InChI is InChI=1S/C18H20F2N2O4S/c1-22(11-13-7-9-14(10-8-13)26-18(19)20)12-17(23)21-15-5-3-4-6-16(15)27(2,24)25/h3-10,18H,11-12H2,1-2H3,(H,21,23). The number of nitrogens with zero attached hydrogens (tertiary/aromatic N) is 1. The fourth-order valence-electron chi connectivity index (χ4n) is 2.47. The largest absolute Gasteiger partial charge is 0.435 e. The van der Waals surface area contributed by atoms with E-state index < -0.39 is 16.4 Å². The summed E-state index contributed by atoms with van der Waals surface area (Å²) in [5.41, 5.74) is 1.04. The highest BCUT2D eigenvalue weighted by Gasteiger charge is 2.15. The van der Waals surface area contributed by atoms with Crippen molar-refractivity contribution in [2.24, 2.45) is 0 Å². The molecule has 0 spiro atoms. The molecule has 0 unspecified atom stereocenters. The molecule has 9 heteroatoms. The van der Waals surface area contributed by atoms with E-state index in [1.807, 2.05) is 0 Å². The first-order valence-electron chi connectivity index (χ1n) is 7.96. The maximum atomic E-state index is 12.2. The number of amides is 1. The number of benzene rings is 2. The van der Waals surface area contributed by atoms with E-state index in [0.29, 0.717) is 6.54 Å². The second-order valence-corrected chi connectivity index (χ2v) is 8.00. The Morgan fingerprint density at radius 3 is 2.37 bits per heavy atom. The van der Waals surface area contributed by atoms with Gasteiger partial charge in [0.05, 0.1) is 17.1 Å². The zero-order chi connectivity index (χ0) is 20.0. The van der Waals surface area contributed by atoms with Crippen molar-refractivity contribution in [3.63, 3.8) is 0 Å². The molecule has 27 heavy (non-hydrogen) atoms. The molecule has 0 aliphatic heterocycles. The van der Waals surface area contributed by atoms with Crippen LogP contribution in [0.3, 0.4) is 0 Å². The number of rotatable bonds is 8. The Balaban J connectivity index is 1.95. The number of nitrogens with one attached hydrogen (secondary N) is 1. The first kappa shape index (κ1) is 20.8. The van der Waals surface area contributed by atoms with Gasteiger partial charge in [0.2, 0.25) is 5.91 Å². The number of para-hydroxylation sites is 1. The molecule has 0 saturated heterocycles. The summed E-state index contributed by atoms with van der Waals surface area (Å²) in [6.07, 6.45) is 1.07. The topological polar surface area (TPSA) is 75.7 Å². The predicted octanol–water partition coefficient (Wildman–Crippen LogP) is 2.76. The molecule has 146 valence electrons. The molecule has 0 aliphatic rings. The van der Waals surface area contributed by atoms with Crippen LogP contribution in [0.25, 0.3) is 0 Å². The van der Waals surface area contributed by atoms with E-state index >= 15 is 0 Å². The molecule has 2 aromatic carbocycles. The monoisotopic (exact) mass is 398 g/mol. The summed E-state index contributed by atoms with van der Waals surface area (Å²) in [5, 5.41) is 2.60. The minimum absolute atomic E-state index is 0.0212. The van der Waals surface area contributed by atoms with Crippen LogP contribution in [0.2, 0.25) is 0 Å². The molecule has 2 rings (SSSR count). The van der Waals surface area contributed by atoms with E-state index in [-0.39, 0.29) is 28.8 Å². The number of sulfone groups is 1. The Bertz CT molecular complexity index is 886. The molecule has 1 amide bonds. The Labute approximate surface area is 156 Å². The molecule has 0 heterocycles. The number of carbonyl (C=O) groups is 1. The lowest BCUT2D eigenvalue weighted by molar-refractivity contribution is -0.117. The van der Waals surface area contributed by atoms with E-state index in [9.17, 15) is 22.0 Å². The average Bonchev–Trinajstić information content (AvgIpc) is 2.55. The molecule has 0 bridgehead atoms. The number of ether oxygens (including phenoxy) is 1. The number of hydrogen-bond donors (Lipinski definition) is 1. The van der Waals surface area contributed by atoms with Crippen LogP contribution in [0, 0.1) is 0 Å². The zero-order valence-electron chi connectivity index (χ0n) is 14.9. The van der Waals surface area contributed by atoms with Gasteiger partial charge in [-0.25, -0.2) is 8.42 Å². The minimum Gasteiger partial charge on any atom is -0.435 e. The van der Waals surface area contributed by atoms with E-state index in [0.717, 1.165) is 11.8 Å². The number of alkyl halides is 2. The van der Waals surface area contributed by atoms with Crippen LogP contribution in [0.5, 0.6) is 5.75 Å². The fraction of sp³-hybridized carbons (Fsp3) is 0.278. The lowest BCUT2D eigenvalue weighted by Gasteiger charge is -2.17. The lowest BCUT2D eigenvalue weighted by atomic mass is 10.2. The van der Waals surface area contributed by atoms with Gasteiger partial charge in [0.1, 0.15) is 5.75 Å². The third kappa shape index (κ3) is 6.61. The lowest BCUT2D eigenvalue weighted by Crippen LogP contribution is -2.30. The third-order valence-electron chi connectivity index (χ3n) is 3.58. The minimum atomic E-state index is -3.46. The van der Waals surface area contributed by atoms with Crippen molar-refractivity contribution in [2.75, 3.05) is 25.2 Å². The molecular formula is C18H20F2N2O4S. The van der Waals surface area contributed by atoms with Gasteiger partial charge in [0.15, 0.2) is 9.84 Å². The SMILES string of the molecule is CN(CC(=O)Nc1ccccc1S(C)(=O)=O)Cc1ccc(OC(F)F)cc1. The number of halogens is 2. The van der Waals surface area contributed by atoms with E-state index in [1.54, 1.807) is 36.2 Å². The van der Waals surface area contributed by atoms with Crippen molar-refractivity contribution in [1.82, 2.24) is 4.90 Å². The van der Waals surface area contributed by atoms with Gasteiger partial charge in [-0.1, -0.05) is 24.3 Å². The van der Waals surface area contributed by atoms with Crippen molar-refractivity contribution in [3.05, 3.63) is 54.1 Å². The second kappa shape index (κ2) is 8.92. The summed E-state index contributed by atoms with van der Waals surface area (Å²) in [4.78, 5) is 14.0. The summed E-state index contributed by atoms with van der Waals surface area (Å²) < 4.78 is 52.1. The molecule has 1 N–H and O–H groups in total. The van der Waals surface area contributed by atoms with Crippen LogP contribution in [0.4, 0.5) is 14.5 Å². The smallest absolute Gasteiger partial charge is 0.387 e. The van der Waals surface area contributed by atoms with Gasteiger partial charge < -0.3 is 10.1 Å². The Morgan fingerprint density at radius 2 is 1.78 bits per heavy atom. The molecular weight excluding hydrogens is 378 g/mol. The number of anilines is 1. The maximum Gasteiger partial charge on any atom is 0.387 e. The molecule has 2 aromatic rings. The Kier molecular flexibility index (Phi) is 6.86. The summed E-state index contributed by atoms with van der Waals surface area (Å²) in [6, 6.07) is 12.3. The van der Waals surface area contributed by atoms with Gasteiger partial charge in [-0.15, -0.1) is 0 Å². The Hall–Kier alpha value is -2.52. The highest BCUT2D eigenvalue weighted by atomic mass is 32.2. The summed E-state index contributed by atoms with van der Waals surface area (Å²) >= 11 is 0. The first-order chi connectivity index (χ1) is 12.6. The van der Waals surface area contributed by atoms with E-state index in [1.165, 1.54) is 24.3 Å². The summed E-state index contributed by atoms with van der Waals surface area (Å²) in [7, 11) is -1.75. The van der Waals surface area contributed by atoms with Gasteiger partial charge in [-0.2, -0.15) is 8.78 Å². The predicted molar refractivity (Wildman–Crippen MR) is 97.6 cm³/mol. The zero-order valence-corrected chi connectivity index (χ0v) is 15.7. The molecule has 0 radical (unpaired) electrons. The summed E-state index contributed by atoms with van der Waals surface area (Å²) in [5.74, 6) is -0.308. The van der Waals surface area contributed by atoms with E-state index in [2.05, 4.69) is 10.1 Å². The van der Waals surface area contributed by atoms with Gasteiger partial charge in [0, 0.05) is 12.8 Å².